The molecule has 1 aliphatic heterocycles. The molecule has 3 aromatic rings. The number of carbonyl (C=O) groups excluding carboxylic acids is 1. The number of thiophene rings is 1. The average Bonchev–Trinajstić information content (AvgIpc) is 3.30. The molecule has 0 aliphatic carbocycles. The first-order valence-electron chi connectivity index (χ1n) is 8.09. The Hall–Kier alpha value is -2.40. The zero-order valence-corrected chi connectivity index (χ0v) is 14.4. The number of likely N-dealkylation sites (tertiary alicyclic amines) is 1. The number of nitrogens with zero attached hydrogens (tertiary/aromatic N) is 3. The molecule has 1 amide bonds. The maximum Gasteiger partial charge on any atom is 0.222 e. The van der Waals surface area contributed by atoms with Gasteiger partial charge in [0.25, 0.3) is 0 Å². The van der Waals surface area contributed by atoms with Gasteiger partial charge >= 0.3 is 0 Å². The van der Waals surface area contributed by atoms with Gasteiger partial charge in [0.2, 0.25) is 5.91 Å². The van der Waals surface area contributed by atoms with Gasteiger partial charge in [0.1, 0.15) is 0 Å². The van der Waals surface area contributed by atoms with Gasteiger partial charge < -0.3 is 9.47 Å². The van der Waals surface area contributed by atoms with Crippen LogP contribution in [0.1, 0.15) is 6.42 Å². The molecule has 24 heavy (non-hydrogen) atoms. The molecule has 0 radical (unpaired) electrons. The topological polar surface area (TPSA) is 38.1 Å². The second kappa shape index (κ2) is 6.24. The Morgan fingerprint density at radius 1 is 1.21 bits per heavy atom. The summed E-state index contributed by atoms with van der Waals surface area (Å²) in [5.41, 5.74) is 4.46. The highest BCUT2D eigenvalue weighted by molar-refractivity contribution is 7.08. The lowest BCUT2D eigenvalue weighted by atomic mass is 10.1. The van der Waals surface area contributed by atoms with E-state index in [1.54, 1.807) is 11.3 Å². The lowest BCUT2D eigenvalue weighted by molar-refractivity contribution is -0.126. The van der Waals surface area contributed by atoms with Crippen LogP contribution < -0.4 is 0 Å². The molecule has 2 aromatic heterocycles. The highest BCUT2D eigenvalue weighted by atomic mass is 32.1. The van der Waals surface area contributed by atoms with E-state index in [4.69, 9.17) is 4.98 Å². The zero-order valence-electron chi connectivity index (χ0n) is 13.6. The van der Waals surface area contributed by atoms with Crippen LogP contribution in [-0.2, 0) is 11.3 Å². The lowest BCUT2D eigenvalue weighted by Gasteiger charge is -2.14. The summed E-state index contributed by atoms with van der Waals surface area (Å²) in [5, 5.41) is 4.25. The van der Waals surface area contributed by atoms with E-state index in [0.29, 0.717) is 12.3 Å². The molecule has 1 aromatic carbocycles. The minimum absolute atomic E-state index is 0.237. The van der Waals surface area contributed by atoms with Gasteiger partial charge in [0, 0.05) is 49.0 Å². The van der Waals surface area contributed by atoms with Crippen LogP contribution in [0.4, 0.5) is 0 Å². The van der Waals surface area contributed by atoms with E-state index in [-0.39, 0.29) is 5.91 Å². The molecule has 5 heteroatoms. The van der Waals surface area contributed by atoms with Gasteiger partial charge in [-0.15, -0.1) is 0 Å². The first kappa shape index (κ1) is 15.1. The monoisotopic (exact) mass is 337 g/mol. The second-order valence-electron chi connectivity index (χ2n) is 6.32. The number of benzene rings is 1. The number of carbonyl (C=O) groups is 1. The van der Waals surface area contributed by atoms with Gasteiger partial charge in [-0.1, -0.05) is 30.3 Å². The molecule has 4 rings (SSSR count). The van der Waals surface area contributed by atoms with Crippen molar-refractivity contribution in [3.63, 3.8) is 0 Å². The highest BCUT2D eigenvalue weighted by Crippen LogP contribution is 2.33. The minimum Gasteiger partial charge on any atom is -0.345 e. The van der Waals surface area contributed by atoms with E-state index >= 15 is 0 Å². The highest BCUT2D eigenvalue weighted by Gasteiger charge is 2.28. The van der Waals surface area contributed by atoms with Gasteiger partial charge in [-0.05, 0) is 11.4 Å². The van der Waals surface area contributed by atoms with Crippen LogP contribution in [0.3, 0.4) is 0 Å². The summed E-state index contributed by atoms with van der Waals surface area (Å²) in [7, 11) is 1.88. The first-order chi connectivity index (χ1) is 11.7. The lowest BCUT2D eigenvalue weighted by Crippen LogP contribution is -2.20. The Kier molecular flexibility index (Phi) is 3.94. The van der Waals surface area contributed by atoms with Crippen molar-refractivity contribution in [1.29, 1.82) is 0 Å². The number of rotatable bonds is 4. The Morgan fingerprint density at radius 3 is 2.71 bits per heavy atom. The fraction of sp³-hybridized carbons (Fsp3) is 0.263. The van der Waals surface area contributed by atoms with Crippen LogP contribution in [0.25, 0.3) is 22.5 Å². The summed E-state index contributed by atoms with van der Waals surface area (Å²) >= 11 is 1.69. The van der Waals surface area contributed by atoms with Gasteiger partial charge in [-0.25, -0.2) is 4.98 Å². The summed E-state index contributed by atoms with van der Waals surface area (Å²) in [6, 6.07) is 12.4. The fourth-order valence-corrected chi connectivity index (χ4v) is 4.03. The maximum absolute atomic E-state index is 11.8. The smallest absolute Gasteiger partial charge is 0.222 e. The second-order valence-corrected chi connectivity index (χ2v) is 7.10. The van der Waals surface area contributed by atoms with Crippen molar-refractivity contribution in [2.75, 3.05) is 13.6 Å². The Labute approximate surface area is 145 Å². The van der Waals surface area contributed by atoms with Crippen LogP contribution in [0.2, 0.25) is 0 Å². The van der Waals surface area contributed by atoms with E-state index in [9.17, 15) is 4.79 Å². The van der Waals surface area contributed by atoms with Gasteiger partial charge in [0.05, 0.1) is 17.7 Å². The summed E-state index contributed by atoms with van der Waals surface area (Å²) in [6.07, 6.45) is 2.54. The largest absolute Gasteiger partial charge is 0.345 e. The van der Waals surface area contributed by atoms with Crippen LogP contribution in [0.5, 0.6) is 0 Å². The van der Waals surface area contributed by atoms with Gasteiger partial charge in [-0.3, -0.25) is 4.79 Å². The van der Waals surface area contributed by atoms with E-state index in [2.05, 4.69) is 33.5 Å². The molecule has 1 aliphatic rings. The molecule has 0 spiro atoms. The van der Waals surface area contributed by atoms with Crippen LogP contribution >= 0.6 is 11.3 Å². The minimum atomic E-state index is 0.237. The Balaban J connectivity index is 1.73. The van der Waals surface area contributed by atoms with Crippen molar-refractivity contribution < 1.29 is 4.79 Å². The molecule has 0 saturated carbocycles. The van der Waals surface area contributed by atoms with Crippen molar-refractivity contribution >= 4 is 17.2 Å². The van der Waals surface area contributed by atoms with Crippen LogP contribution in [0.15, 0.2) is 53.5 Å². The van der Waals surface area contributed by atoms with Gasteiger partial charge in [-0.2, -0.15) is 11.3 Å². The molecular weight excluding hydrogens is 318 g/mol. The summed E-state index contributed by atoms with van der Waals surface area (Å²) in [5.74, 6) is 0.582. The molecule has 3 heterocycles. The SMILES string of the molecule is CN1C[C@@H](Cn2cnc(-c3ccccc3)c2-c2ccsc2)CC1=O. The molecule has 0 N–H and O–H groups in total. The van der Waals surface area contributed by atoms with E-state index in [1.165, 1.54) is 5.56 Å². The normalized spacial score (nSPS) is 17.6. The number of hydrogen-bond donors (Lipinski definition) is 0. The third kappa shape index (κ3) is 2.76. The average molecular weight is 337 g/mol. The van der Waals surface area contributed by atoms with E-state index in [0.717, 1.165) is 30.0 Å². The van der Waals surface area contributed by atoms with Gasteiger partial charge in [0.15, 0.2) is 0 Å². The van der Waals surface area contributed by atoms with Crippen LogP contribution in [0, 0.1) is 5.92 Å². The molecule has 4 nitrogen and oxygen atoms in total. The number of amides is 1. The molecule has 1 fully saturated rings. The van der Waals surface area contributed by atoms with E-state index in [1.807, 2.05) is 36.5 Å². The Morgan fingerprint density at radius 2 is 2.04 bits per heavy atom. The third-order valence-corrected chi connectivity index (χ3v) is 5.24. The summed E-state index contributed by atoms with van der Waals surface area (Å²) in [6.45, 7) is 1.64. The van der Waals surface area contributed by atoms with Crippen molar-refractivity contribution in [1.82, 2.24) is 14.5 Å². The predicted octanol–water partition coefficient (Wildman–Crippen LogP) is 3.76. The summed E-state index contributed by atoms with van der Waals surface area (Å²) in [4.78, 5) is 18.3. The van der Waals surface area contributed by atoms with E-state index < -0.39 is 0 Å². The van der Waals surface area contributed by atoms with Crippen molar-refractivity contribution in [3.8, 4) is 22.5 Å². The molecule has 0 unspecified atom stereocenters. The van der Waals surface area contributed by atoms with Crippen molar-refractivity contribution in [3.05, 3.63) is 53.5 Å². The molecule has 1 atom stereocenters. The Bertz CT molecular complexity index is 839. The number of imidazole rings is 1. The molecule has 0 bridgehead atoms. The quantitative estimate of drug-likeness (QED) is 0.727. The molecule has 122 valence electrons. The zero-order chi connectivity index (χ0) is 16.5. The van der Waals surface area contributed by atoms with Crippen molar-refractivity contribution in [2.24, 2.45) is 5.92 Å². The molecule has 1 saturated heterocycles. The van der Waals surface area contributed by atoms with Crippen LogP contribution in [-0.4, -0.2) is 34.0 Å². The number of aromatic nitrogens is 2. The molecular formula is C19H19N3OS. The summed E-state index contributed by atoms with van der Waals surface area (Å²) < 4.78 is 2.21. The predicted molar refractivity (Wildman–Crippen MR) is 96.7 cm³/mol. The maximum atomic E-state index is 11.8. The first-order valence-corrected chi connectivity index (χ1v) is 9.03. The van der Waals surface area contributed by atoms with Crippen molar-refractivity contribution in [2.45, 2.75) is 13.0 Å². The standard InChI is InChI=1S/C19H19N3OS/c1-21-10-14(9-17(21)23)11-22-13-20-18(15-5-3-2-4-6-15)19(22)16-7-8-24-12-16/h2-8,12-14H,9-11H2,1H3/t14-/m0/s1. The third-order valence-electron chi connectivity index (χ3n) is 4.56. The fourth-order valence-electron chi connectivity index (χ4n) is 3.39. The number of hydrogen-bond acceptors (Lipinski definition) is 3.